The Morgan fingerprint density at radius 1 is 0.969 bits per heavy atom. The molecule has 0 spiro atoms. The normalized spacial score (nSPS) is 12.4. The van der Waals surface area contributed by atoms with Crippen molar-refractivity contribution in [3.05, 3.63) is 70.5 Å². The van der Waals surface area contributed by atoms with Crippen molar-refractivity contribution in [1.29, 1.82) is 0 Å². The van der Waals surface area contributed by atoms with Gasteiger partial charge < -0.3 is 19.8 Å². The Kier molecular flexibility index (Phi) is 8.75. The number of hydrogen-bond donors (Lipinski definition) is 1. The van der Waals surface area contributed by atoms with Gasteiger partial charge in [0.25, 0.3) is 5.91 Å². The number of benzene rings is 2. The molecule has 0 atom stereocenters. The minimum Gasteiger partial charge on any atom is -0.399 e. The molecule has 2 aromatic rings. The van der Waals surface area contributed by atoms with Crippen molar-refractivity contribution < 1.29 is 32.5 Å². The molecule has 0 fully saturated rings. The fourth-order valence-corrected chi connectivity index (χ4v) is 2.69. The number of nitrogens with zero attached hydrogens (tertiary/aromatic N) is 3. The minimum absolute atomic E-state index is 0.0311. The average Bonchev–Trinajstić information content (AvgIpc) is 2.76. The Balaban J connectivity index is 2.34. The SMILES string of the molecule is CNC(=O)/C(=N/OC)c1c(F)cccc1CO/N=C(C)/C(=N\OC)c1ccc(F)cc1F. The minimum atomic E-state index is -0.867. The van der Waals surface area contributed by atoms with Gasteiger partial charge in [0, 0.05) is 24.2 Å². The van der Waals surface area contributed by atoms with Crippen LogP contribution in [0.5, 0.6) is 0 Å². The largest absolute Gasteiger partial charge is 0.399 e. The fraction of sp³-hybridized carbons (Fsp3) is 0.238. The zero-order chi connectivity index (χ0) is 23.7. The molecular formula is C21H21F3N4O4. The predicted molar refractivity (Wildman–Crippen MR) is 112 cm³/mol. The van der Waals surface area contributed by atoms with Crippen LogP contribution in [0.4, 0.5) is 13.2 Å². The van der Waals surface area contributed by atoms with E-state index in [1.807, 2.05) is 0 Å². The standard InChI is InChI=1S/C21H21F3N4O4/c1-12(19(27-30-3)15-9-8-14(22)10-17(15)24)26-32-11-13-6-5-7-16(23)18(13)20(28-31-4)21(29)25-2/h5-10H,11H2,1-4H3,(H,25,29)/b26-12+,27-19+,28-20+. The molecule has 1 N–H and O–H groups in total. The van der Waals surface area contributed by atoms with Gasteiger partial charge in [-0.1, -0.05) is 27.6 Å². The van der Waals surface area contributed by atoms with Crippen LogP contribution in [0, 0.1) is 17.5 Å². The van der Waals surface area contributed by atoms with E-state index in [-0.39, 0.29) is 40.4 Å². The van der Waals surface area contributed by atoms with E-state index in [1.54, 1.807) is 0 Å². The van der Waals surface area contributed by atoms with Gasteiger partial charge in [0.05, 0.1) is 5.56 Å². The van der Waals surface area contributed by atoms with E-state index < -0.39 is 23.4 Å². The highest BCUT2D eigenvalue weighted by atomic mass is 19.1. The quantitative estimate of drug-likeness (QED) is 0.469. The van der Waals surface area contributed by atoms with Crippen LogP contribution >= 0.6 is 0 Å². The van der Waals surface area contributed by atoms with Crippen molar-refractivity contribution in [2.45, 2.75) is 13.5 Å². The van der Waals surface area contributed by atoms with E-state index in [1.165, 1.54) is 46.4 Å². The highest BCUT2D eigenvalue weighted by Gasteiger charge is 2.22. The Morgan fingerprint density at radius 3 is 2.28 bits per heavy atom. The lowest BCUT2D eigenvalue weighted by Crippen LogP contribution is -2.30. The summed E-state index contributed by atoms with van der Waals surface area (Å²) < 4.78 is 41.9. The highest BCUT2D eigenvalue weighted by molar-refractivity contribution is 6.47. The van der Waals surface area contributed by atoms with E-state index in [0.717, 1.165) is 12.1 Å². The monoisotopic (exact) mass is 450 g/mol. The smallest absolute Gasteiger partial charge is 0.273 e. The maximum atomic E-state index is 14.5. The number of carbonyl (C=O) groups is 1. The second-order valence-electron chi connectivity index (χ2n) is 6.17. The summed E-state index contributed by atoms with van der Waals surface area (Å²) in [4.78, 5) is 26.8. The van der Waals surface area contributed by atoms with E-state index >= 15 is 0 Å². The molecule has 0 aliphatic carbocycles. The maximum absolute atomic E-state index is 14.5. The molecule has 2 rings (SSSR count). The summed E-state index contributed by atoms with van der Waals surface area (Å²) in [5.41, 5.74) is -0.152. The summed E-state index contributed by atoms with van der Waals surface area (Å²) in [7, 11) is 3.84. The van der Waals surface area contributed by atoms with Crippen LogP contribution in [0.1, 0.15) is 23.6 Å². The molecular weight excluding hydrogens is 429 g/mol. The number of amides is 1. The zero-order valence-electron chi connectivity index (χ0n) is 17.8. The third kappa shape index (κ3) is 5.84. The number of oxime groups is 3. The second kappa shape index (κ2) is 11.5. The third-order valence-electron chi connectivity index (χ3n) is 4.09. The van der Waals surface area contributed by atoms with Gasteiger partial charge in [-0.3, -0.25) is 4.79 Å². The first-order chi connectivity index (χ1) is 15.3. The molecule has 0 bridgehead atoms. The first-order valence-corrected chi connectivity index (χ1v) is 9.18. The molecule has 0 aromatic heterocycles. The Morgan fingerprint density at radius 2 is 1.66 bits per heavy atom. The molecule has 0 heterocycles. The summed E-state index contributed by atoms with van der Waals surface area (Å²) >= 11 is 0. The number of rotatable bonds is 9. The molecule has 8 nitrogen and oxygen atoms in total. The molecule has 11 heteroatoms. The van der Waals surface area contributed by atoms with E-state index in [4.69, 9.17) is 9.68 Å². The van der Waals surface area contributed by atoms with Gasteiger partial charge in [-0.2, -0.15) is 0 Å². The van der Waals surface area contributed by atoms with Gasteiger partial charge in [-0.15, -0.1) is 0 Å². The predicted octanol–water partition coefficient (Wildman–Crippen LogP) is 3.14. The van der Waals surface area contributed by atoms with Crippen molar-refractivity contribution in [1.82, 2.24) is 5.32 Å². The Labute approximate surface area is 182 Å². The van der Waals surface area contributed by atoms with E-state index in [0.29, 0.717) is 6.07 Å². The van der Waals surface area contributed by atoms with E-state index in [2.05, 4.69) is 25.6 Å². The van der Waals surface area contributed by atoms with Crippen molar-refractivity contribution in [3.8, 4) is 0 Å². The van der Waals surface area contributed by atoms with Crippen LogP contribution in [0.25, 0.3) is 0 Å². The van der Waals surface area contributed by atoms with Crippen LogP contribution in [-0.2, 0) is 25.9 Å². The van der Waals surface area contributed by atoms with Gasteiger partial charge in [0.1, 0.15) is 49.7 Å². The molecule has 0 saturated carbocycles. The van der Waals surface area contributed by atoms with Crippen molar-refractivity contribution >= 4 is 23.0 Å². The molecule has 170 valence electrons. The number of halogens is 3. The third-order valence-corrected chi connectivity index (χ3v) is 4.09. The van der Waals surface area contributed by atoms with Crippen molar-refractivity contribution in [2.75, 3.05) is 21.3 Å². The topological polar surface area (TPSA) is 93.9 Å². The zero-order valence-corrected chi connectivity index (χ0v) is 17.8. The number of carbonyl (C=O) groups excluding carboxylic acids is 1. The average molecular weight is 450 g/mol. The molecule has 0 aliphatic rings. The number of nitrogens with one attached hydrogen (secondary N) is 1. The lowest BCUT2D eigenvalue weighted by Gasteiger charge is -2.12. The summed E-state index contributed by atoms with van der Waals surface area (Å²) in [5, 5.41) is 13.6. The molecule has 1 amide bonds. The van der Waals surface area contributed by atoms with E-state index in [9.17, 15) is 18.0 Å². The van der Waals surface area contributed by atoms with Gasteiger partial charge >= 0.3 is 0 Å². The van der Waals surface area contributed by atoms with Crippen molar-refractivity contribution in [2.24, 2.45) is 15.5 Å². The molecule has 0 aliphatic heterocycles. The summed E-state index contributed by atoms with van der Waals surface area (Å²) in [6.07, 6.45) is 0. The van der Waals surface area contributed by atoms with Crippen molar-refractivity contribution in [3.63, 3.8) is 0 Å². The summed E-state index contributed by atoms with van der Waals surface area (Å²) in [6.45, 7) is 1.20. The lowest BCUT2D eigenvalue weighted by atomic mass is 10.0. The molecule has 0 unspecified atom stereocenters. The number of hydrogen-bond acceptors (Lipinski definition) is 7. The molecule has 0 saturated heterocycles. The van der Waals surface area contributed by atoms with Gasteiger partial charge in [-0.25, -0.2) is 13.2 Å². The lowest BCUT2D eigenvalue weighted by molar-refractivity contribution is -0.114. The highest BCUT2D eigenvalue weighted by Crippen LogP contribution is 2.18. The van der Waals surface area contributed by atoms with Crippen LogP contribution < -0.4 is 5.32 Å². The second-order valence-corrected chi connectivity index (χ2v) is 6.17. The van der Waals surface area contributed by atoms with Crippen LogP contribution in [0.3, 0.4) is 0 Å². The molecule has 0 radical (unpaired) electrons. The van der Waals surface area contributed by atoms with Crippen LogP contribution in [-0.4, -0.2) is 44.3 Å². The van der Waals surface area contributed by atoms with Crippen LogP contribution in [0.15, 0.2) is 51.9 Å². The summed E-state index contributed by atoms with van der Waals surface area (Å²) in [5.74, 6) is -3.01. The number of likely N-dealkylation sites (N-methyl/N-ethyl adjacent to an activating group) is 1. The Bertz CT molecular complexity index is 1070. The van der Waals surface area contributed by atoms with Crippen LogP contribution in [0.2, 0.25) is 0 Å². The van der Waals surface area contributed by atoms with Gasteiger partial charge in [-0.05, 0) is 25.1 Å². The first-order valence-electron chi connectivity index (χ1n) is 9.18. The molecule has 32 heavy (non-hydrogen) atoms. The van der Waals surface area contributed by atoms with Gasteiger partial charge in [0.15, 0.2) is 5.71 Å². The summed E-state index contributed by atoms with van der Waals surface area (Å²) in [6, 6.07) is 7.04. The maximum Gasteiger partial charge on any atom is 0.273 e. The first kappa shape index (κ1) is 24.4. The fourth-order valence-electron chi connectivity index (χ4n) is 2.69. The van der Waals surface area contributed by atoms with Gasteiger partial charge in [0.2, 0.25) is 0 Å². The Hall–Kier alpha value is -3.89. The molecule has 2 aromatic carbocycles.